The van der Waals surface area contributed by atoms with Gasteiger partial charge in [0.1, 0.15) is 23.9 Å². The molecule has 1 aromatic rings. The van der Waals surface area contributed by atoms with Crippen LogP contribution < -0.4 is 27.4 Å². The van der Waals surface area contributed by atoms with E-state index in [-0.39, 0.29) is 31.4 Å². The lowest BCUT2D eigenvalue weighted by Crippen LogP contribution is -2.57. The standard InChI is InChI=1S/C23H33N5O9S/c1-38-9-8-16(23(36)37)27-21(34)15(6-7-18(25)30)26-22(35)17(11-19(31)32)28-20(33)14(24)10-12-2-4-13(29)5-3-12/h2-5,14-17,29H,6-11,24H2,1H3,(H2,25,30)(H,26,35)(H,27,34)(H,28,33)(H,31,32)(H,36,37). The number of aliphatic carboxylic acids is 2. The summed E-state index contributed by atoms with van der Waals surface area (Å²) in [6.07, 6.45) is 0.382. The predicted molar refractivity (Wildman–Crippen MR) is 137 cm³/mol. The number of rotatable bonds is 17. The van der Waals surface area contributed by atoms with E-state index in [2.05, 4.69) is 16.0 Å². The van der Waals surface area contributed by atoms with Crippen LogP contribution in [0, 0.1) is 0 Å². The van der Waals surface area contributed by atoms with E-state index in [9.17, 15) is 44.1 Å². The van der Waals surface area contributed by atoms with Crippen molar-refractivity contribution in [2.75, 3.05) is 12.0 Å². The first-order chi connectivity index (χ1) is 17.8. The third-order valence-corrected chi connectivity index (χ3v) is 5.92. The van der Waals surface area contributed by atoms with Gasteiger partial charge in [0.05, 0.1) is 12.5 Å². The lowest BCUT2D eigenvalue weighted by Gasteiger charge is -2.24. The van der Waals surface area contributed by atoms with E-state index in [1.165, 1.54) is 36.0 Å². The lowest BCUT2D eigenvalue weighted by atomic mass is 10.0. The SMILES string of the molecule is CSCCC(NC(=O)C(CCC(N)=O)NC(=O)C(CC(=O)O)NC(=O)C(N)Cc1ccc(O)cc1)C(=O)O. The molecule has 0 spiro atoms. The van der Waals surface area contributed by atoms with Crippen molar-refractivity contribution in [3.63, 3.8) is 0 Å². The van der Waals surface area contributed by atoms with Crippen molar-refractivity contribution in [3.8, 4) is 5.75 Å². The van der Waals surface area contributed by atoms with Crippen molar-refractivity contribution in [2.24, 2.45) is 11.5 Å². The summed E-state index contributed by atoms with van der Waals surface area (Å²) in [6.45, 7) is 0. The van der Waals surface area contributed by atoms with Crippen LogP contribution in [0.1, 0.15) is 31.2 Å². The van der Waals surface area contributed by atoms with Gasteiger partial charge in [-0.05, 0) is 49.0 Å². The summed E-state index contributed by atoms with van der Waals surface area (Å²) in [5.74, 6) is -5.91. The van der Waals surface area contributed by atoms with Crippen LogP contribution in [0.3, 0.4) is 0 Å². The third kappa shape index (κ3) is 11.9. The largest absolute Gasteiger partial charge is 0.508 e. The summed E-state index contributed by atoms with van der Waals surface area (Å²) in [4.78, 5) is 72.4. The number of carboxylic acids is 2. The Morgan fingerprint density at radius 2 is 1.42 bits per heavy atom. The molecule has 0 aliphatic heterocycles. The quantitative estimate of drug-likeness (QED) is 0.107. The van der Waals surface area contributed by atoms with Gasteiger partial charge in [-0.3, -0.25) is 24.0 Å². The number of carbonyl (C=O) groups is 6. The molecule has 14 nitrogen and oxygen atoms in total. The average Bonchev–Trinajstić information content (AvgIpc) is 2.84. The van der Waals surface area contributed by atoms with Crippen LogP contribution in [0.2, 0.25) is 0 Å². The fourth-order valence-electron chi connectivity index (χ4n) is 3.23. The van der Waals surface area contributed by atoms with E-state index in [0.717, 1.165) is 0 Å². The topological polar surface area (TPSA) is 251 Å². The van der Waals surface area contributed by atoms with Gasteiger partial charge in [-0.25, -0.2) is 4.79 Å². The maximum atomic E-state index is 12.9. The number of hydrogen-bond acceptors (Lipinski definition) is 9. The van der Waals surface area contributed by atoms with E-state index in [4.69, 9.17) is 11.5 Å². The predicted octanol–water partition coefficient (Wildman–Crippen LogP) is -1.71. The highest BCUT2D eigenvalue weighted by molar-refractivity contribution is 7.98. The normalized spacial score (nSPS) is 13.8. The zero-order valence-electron chi connectivity index (χ0n) is 20.7. The van der Waals surface area contributed by atoms with Gasteiger partial charge < -0.3 is 42.7 Å². The van der Waals surface area contributed by atoms with Crippen molar-refractivity contribution >= 4 is 47.3 Å². The number of hydrogen-bond donors (Lipinski definition) is 8. The Morgan fingerprint density at radius 3 is 1.95 bits per heavy atom. The number of aromatic hydroxyl groups is 1. The number of primary amides is 1. The highest BCUT2D eigenvalue weighted by Gasteiger charge is 2.31. The molecule has 4 atom stereocenters. The van der Waals surface area contributed by atoms with E-state index in [0.29, 0.717) is 11.3 Å². The molecule has 38 heavy (non-hydrogen) atoms. The van der Waals surface area contributed by atoms with Gasteiger partial charge in [-0.15, -0.1) is 0 Å². The first-order valence-electron chi connectivity index (χ1n) is 11.5. The molecule has 0 fully saturated rings. The van der Waals surface area contributed by atoms with Crippen LogP contribution in [0.4, 0.5) is 0 Å². The van der Waals surface area contributed by atoms with Gasteiger partial charge in [-0.2, -0.15) is 11.8 Å². The van der Waals surface area contributed by atoms with Crippen molar-refractivity contribution in [1.82, 2.24) is 16.0 Å². The number of phenolic OH excluding ortho intramolecular Hbond substituents is 1. The zero-order valence-corrected chi connectivity index (χ0v) is 21.5. The second-order valence-corrected chi connectivity index (χ2v) is 9.37. The third-order valence-electron chi connectivity index (χ3n) is 5.28. The van der Waals surface area contributed by atoms with Gasteiger partial charge in [0.2, 0.25) is 23.6 Å². The van der Waals surface area contributed by atoms with Gasteiger partial charge in [0, 0.05) is 6.42 Å². The first kappa shape index (κ1) is 32.2. The first-order valence-corrected chi connectivity index (χ1v) is 12.9. The highest BCUT2D eigenvalue weighted by Crippen LogP contribution is 2.11. The molecule has 4 amide bonds. The highest BCUT2D eigenvalue weighted by atomic mass is 32.2. The van der Waals surface area contributed by atoms with Crippen LogP contribution in [-0.4, -0.2) is 87.1 Å². The van der Waals surface area contributed by atoms with Crippen molar-refractivity contribution < 1.29 is 44.1 Å². The van der Waals surface area contributed by atoms with Gasteiger partial charge >= 0.3 is 11.9 Å². The Morgan fingerprint density at radius 1 is 0.868 bits per heavy atom. The smallest absolute Gasteiger partial charge is 0.326 e. The second kappa shape index (κ2) is 16.1. The number of nitrogens with two attached hydrogens (primary N) is 2. The van der Waals surface area contributed by atoms with Crippen LogP contribution in [-0.2, 0) is 35.2 Å². The van der Waals surface area contributed by atoms with Gasteiger partial charge in [-0.1, -0.05) is 12.1 Å². The molecule has 10 N–H and O–H groups in total. The molecule has 0 heterocycles. The van der Waals surface area contributed by atoms with Crippen molar-refractivity contribution in [1.29, 1.82) is 0 Å². The molecule has 0 bridgehead atoms. The maximum Gasteiger partial charge on any atom is 0.326 e. The van der Waals surface area contributed by atoms with Crippen molar-refractivity contribution in [3.05, 3.63) is 29.8 Å². The minimum Gasteiger partial charge on any atom is -0.508 e. The summed E-state index contributed by atoms with van der Waals surface area (Å²) in [5.41, 5.74) is 11.6. The van der Waals surface area contributed by atoms with Crippen LogP contribution >= 0.6 is 11.8 Å². The number of amides is 4. The molecule has 210 valence electrons. The minimum absolute atomic E-state index is 0.0128. The Labute approximate surface area is 222 Å². The number of benzene rings is 1. The molecule has 15 heteroatoms. The van der Waals surface area contributed by atoms with Crippen molar-refractivity contribution in [2.45, 2.75) is 56.3 Å². The van der Waals surface area contributed by atoms with E-state index in [1.54, 1.807) is 6.26 Å². The summed E-state index contributed by atoms with van der Waals surface area (Å²) in [7, 11) is 0. The number of carbonyl (C=O) groups excluding carboxylic acids is 4. The molecule has 0 saturated heterocycles. The molecule has 0 aromatic heterocycles. The molecule has 4 unspecified atom stereocenters. The summed E-state index contributed by atoms with van der Waals surface area (Å²) in [5, 5.41) is 34.8. The molecular weight excluding hydrogens is 522 g/mol. The van der Waals surface area contributed by atoms with E-state index in [1.807, 2.05) is 0 Å². The molecular formula is C23H33N5O9S. The maximum absolute atomic E-state index is 12.9. The molecule has 1 aromatic carbocycles. The zero-order chi connectivity index (χ0) is 28.8. The number of carboxylic acid groups (broad SMARTS) is 2. The van der Waals surface area contributed by atoms with Crippen LogP contribution in [0.15, 0.2) is 24.3 Å². The summed E-state index contributed by atoms with van der Waals surface area (Å²) < 4.78 is 0. The Bertz CT molecular complexity index is 1010. The average molecular weight is 556 g/mol. The van der Waals surface area contributed by atoms with Crippen LogP contribution in [0.25, 0.3) is 0 Å². The minimum atomic E-state index is -1.64. The molecule has 1 rings (SSSR count). The Kier molecular flexibility index (Phi) is 13.6. The van der Waals surface area contributed by atoms with E-state index < -0.39 is 66.2 Å². The second-order valence-electron chi connectivity index (χ2n) is 8.38. The van der Waals surface area contributed by atoms with Gasteiger partial charge in [0.15, 0.2) is 0 Å². The number of phenols is 1. The van der Waals surface area contributed by atoms with E-state index >= 15 is 0 Å². The molecule has 0 radical (unpaired) electrons. The fourth-order valence-corrected chi connectivity index (χ4v) is 3.71. The number of thioether (sulfide) groups is 1. The number of nitrogens with one attached hydrogen (secondary N) is 3. The molecule has 0 aliphatic carbocycles. The molecule has 0 saturated carbocycles. The fraction of sp³-hybridized carbons (Fsp3) is 0.478. The lowest BCUT2D eigenvalue weighted by molar-refractivity contribution is -0.143. The van der Waals surface area contributed by atoms with Gasteiger partial charge in [0.25, 0.3) is 0 Å². The Balaban J connectivity index is 2.99. The summed E-state index contributed by atoms with van der Waals surface area (Å²) in [6, 6.07) is 0.347. The monoisotopic (exact) mass is 555 g/mol. The summed E-state index contributed by atoms with van der Waals surface area (Å²) >= 11 is 1.36. The molecule has 0 aliphatic rings. The Hall–Kier alpha value is -3.85. The van der Waals surface area contributed by atoms with Crippen LogP contribution in [0.5, 0.6) is 5.75 Å².